The Morgan fingerprint density at radius 3 is 2.37 bits per heavy atom. The molecule has 0 spiro atoms. The van der Waals surface area contributed by atoms with E-state index in [0.717, 1.165) is 0 Å². The maximum absolute atomic E-state index is 12.5. The lowest BCUT2D eigenvalue weighted by Crippen LogP contribution is -2.34. The molecule has 0 fully saturated rings. The monoisotopic (exact) mass is 412 g/mol. The van der Waals surface area contributed by atoms with Crippen molar-refractivity contribution in [2.75, 3.05) is 18.4 Å². The van der Waals surface area contributed by atoms with Crippen LogP contribution in [-0.2, 0) is 14.8 Å². The Kier molecular flexibility index (Phi) is 6.92. The lowest BCUT2D eigenvalue weighted by atomic mass is 10.3. The highest BCUT2D eigenvalue weighted by atomic mass is 35.5. The van der Waals surface area contributed by atoms with Crippen molar-refractivity contribution in [2.45, 2.75) is 24.8 Å². The molecule has 146 valence electrons. The van der Waals surface area contributed by atoms with Gasteiger partial charge in [-0.25, -0.2) is 8.42 Å². The van der Waals surface area contributed by atoms with Gasteiger partial charge in [-0.15, -0.1) is 0 Å². The van der Waals surface area contributed by atoms with Crippen LogP contribution in [0, 0.1) is 0 Å². The van der Waals surface area contributed by atoms with Gasteiger partial charge in [0.15, 0.2) is 6.61 Å². The molecule has 1 amide bonds. The summed E-state index contributed by atoms with van der Waals surface area (Å²) in [5.74, 6) is 0.543. The molecule has 0 aromatic heterocycles. The van der Waals surface area contributed by atoms with Gasteiger partial charge in [-0.1, -0.05) is 11.6 Å². The summed E-state index contributed by atoms with van der Waals surface area (Å²) in [7, 11) is -2.30. The van der Waals surface area contributed by atoms with Crippen molar-refractivity contribution >= 4 is 33.2 Å². The minimum absolute atomic E-state index is 0.00637. The van der Waals surface area contributed by atoms with Gasteiger partial charge in [0.2, 0.25) is 0 Å². The number of ether oxygens (including phenoxy) is 2. The molecule has 2 aromatic carbocycles. The molecular formula is C18H21ClN2O5S. The van der Waals surface area contributed by atoms with Crippen LogP contribution >= 0.6 is 11.6 Å². The molecule has 0 saturated carbocycles. The van der Waals surface area contributed by atoms with Crippen molar-refractivity contribution in [1.29, 1.82) is 0 Å². The summed E-state index contributed by atoms with van der Waals surface area (Å²) in [4.78, 5) is 11.6. The van der Waals surface area contributed by atoms with Crippen molar-refractivity contribution in [2.24, 2.45) is 0 Å². The predicted molar refractivity (Wildman–Crippen MR) is 104 cm³/mol. The van der Waals surface area contributed by atoms with Gasteiger partial charge < -0.3 is 14.8 Å². The minimum Gasteiger partial charge on any atom is -0.497 e. The molecule has 0 unspecified atom stereocenters. The van der Waals surface area contributed by atoms with Gasteiger partial charge in [0.25, 0.3) is 15.9 Å². The number of carbonyl (C=O) groups excluding carboxylic acids is 1. The number of hydrogen-bond donors (Lipinski definition) is 2. The lowest BCUT2D eigenvalue weighted by Gasteiger charge is -2.12. The number of methoxy groups -OCH3 is 1. The van der Waals surface area contributed by atoms with Crippen molar-refractivity contribution < 1.29 is 22.7 Å². The summed E-state index contributed by atoms with van der Waals surface area (Å²) < 4.78 is 37.8. The molecule has 0 aliphatic heterocycles. The molecule has 7 nitrogen and oxygen atoms in total. The van der Waals surface area contributed by atoms with Gasteiger partial charge >= 0.3 is 0 Å². The normalized spacial score (nSPS) is 11.1. The van der Waals surface area contributed by atoms with E-state index in [9.17, 15) is 13.2 Å². The predicted octanol–water partition coefficient (Wildman–Crippen LogP) is 3.05. The summed E-state index contributed by atoms with van der Waals surface area (Å²) in [6, 6.07) is 10.5. The average Bonchev–Trinajstić information content (AvgIpc) is 2.60. The molecule has 27 heavy (non-hydrogen) atoms. The molecule has 0 saturated heterocycles. The van der Waals surface area contributed by atoms with Crippen molar-refractivity contribution in [1.82, 2.24) is 5.32 Å². The van der Waals surface area contributed by atoms with E-state index in [1.54, 1.807) is 24.3 Å². The number of rotatable bonds is 8. The van der Waals surface area contributed by atoms with E-state index in [1.165, 1.54) is 25.3 Å². The zero-order valence-corrected chi connectivity index (χ0v) is 16.7. The smallest absolute Gasteiger partial charge is 0.261 e. The molecule has 2 aromatic rings. The fourth-order valence-corrected chi connectivity index (χ4v) is 3.53. The Bertz CT molecular complexity index is 898. The Balaban J connectivity index is 2.09. The second-order valence-electron chi connectivity index (χ2n) is 5.94. The highest BCUT2D eigenvalue weighted by Gasteiger charge is 2.17. The quantitative estimate of drug-likeness (QED) is 0.695. The number of halogens is 1. The van der Waals surface area contributed by atoms with Crippen LogP contribution in [0.4, 0.5) is 5.69 Å². The molecule has 9 heteroatoms. The van der Waals surface area contributed by atoms with Gasteiger partial charge in [-0.3, -0.25) is 9.52 Å². The summed E-state index contributed by atoms with van der Waals surface area (Å²) >= 11 is 6.10. The van der Waals surface area contributed by atoms with Crippen LogP contribution in [0.25, 0.3) is 0 Å². The fraction of sp³-hybridized carbons (Fsp3) is 0.278. The second-order valence-corrected chi connectivity index (χ2v) is 8.03. The minimum atomic E-state index is -3.83. The number of anilines is 1. The third-order valence-corrected chi connectivity index (χ3v) is 5.04. The molecule has 0 aliphatic rings. The third-order valence-electron chi connectivity index (χ3n) is 3.36. The van der Waals surface area contributed by atoms with Crippen molar-refractivity contribution in [3.63, 3.8) is 0 Å². The molecule has 2 N–H and O–H groups in total. The van der Waals surface area contributed by atoms with Gasteiger partial charge in [-0.05, 0) is 56.3 Å². The molecule has 0 atom stereocenters. The number of benzene rings is 2. The van der Waals surface area contributed by atoms with E-state index in [4.69, 9.17) is 21.1 Å². The van der Waals surface area contributed by atoms with E-state index in [1.807, 2.05) is 13.8 Å². The topological polar surface area (TPSA) is 93.7 Å². The van der Waals surface area contributed by atoms with Crippen LogP contribution in [0.3, 0.4) is 0 Å². The Labute approximate surface area is 163 Å². The molecule has 0 bridgehead atoms. The number of amides is 1. The molecule has 0 aliphatic carbocycles. The highest BCUT2D eigenvalue weighted by Crippen LogP contribution is 2.28. The first-order valence-electron chi connectivity index (χ1n) is 8.10. The van der Waals surface area contributed by atoms with Gasteiger partial charge in [0.1, 0.15) is 11.5 Å². The summed E-state index contributed by atoms with van der Waals surface area (Å²) in [6.45, 7) is 3.45. The highest BCUT2D eigenvalue weighted by molar-refractivity contribution is 7.92. The van der Waals surface area contributed by atoms with Gasteiger partial charge in [0, 0.05) is 11.7 Å². The Hall–Kier alpha value is -2.45. The summed E-state index contributed by atoms with van der Waals surface area (Å²) in [6.07, 6.45) is 0. The van der Waals surface area contributed by atoms with Crippen LogP contribution in [0.1, 0.15) is 13.8 Å². The molecule has 2 rings (SSSR count). The number of carbonyl (C=O) groups is 1. The van der Waals surface area contributed by atoms with Crippen LogP contribution in [0.2, 0.25) is 5.02 Å². The second kappa shape index (κ2) is 8.96. The van der Waals surface area contributed by atoms with Crippen LogP contribution in [0.15, 0.2) is 47.4 Å². The largest absolute Gasteiger partial charge is 0.497 e. The zero-order chi connectivity index (χ0) is 20.0. The van der Waals surface area contributed by atoms with Crippen LogP contribution < -0.4 is 19.5 Å². The average molecular weight is 413 g/mol. The molecule has 0 heterocycles. The zero-order valence-electron chi connectivity index (χ0n) is 15.2. The third kappa shape index (κ3) is 6.04. The first-order valence-corrected chi connectivity index (χ1v) is 9.96. The molecule has 0 radical (unpaired) electrons. The standard InChI is InChI=1S/C18H21ClN2O5S/c1-12(2)20-18(22)11-26-17-9-8-15(10-16(17)19)27(23,24)21-13-4-6-14(25-3)7-5-13/h4-10,12,21H,11H2,1-3H3,(H,20,22). The fourth-order valence-electron chi connectivity index (χ4n) is 2.15. The number of nitrogens with one attached hydrogen (secondary N) is 2. The van der Waals surface area contributed by atoms with Crippen molar-refractivity contribution in [3.8, 4) is 11.5 Å². The molecular weight excluding hydrogens is 392 g/mol. The number of sulfonamides is 1. The maximum Gasteiger partial charge on any atom is 0.261 e. The van der Waals surface area contributed by atoms with Gasteiger partial charge in [-0.2, -0.15) is 0 Å². The maximum atomic E-state index is 12.5. The van der Waals surface area contributed by atoms with Gasteiger partial charge in [0.05, 0.1) is 17.0 Å². The van der Waals surface area contributed by atoms with E-state index in [-0.39, 0.29) is 34.2 Å². The van der Waals surface area contributed by atoms with E-state index < -0.39 is 10.0 Å². The van der Waals surface area contributed by atoms with E-state index in [0.29, 0.717) is 11.4 Å². The first-order chi connectivity index (χ1) is 12.7. The Morgan fingerprint density at radius 2 is 1.81 bits per heavy atom. The summed E-state index contributed by atoms with van der Waals surface area (Å²) in [5, 5.41) is 2.77. The lowest BCUT2D eigenvalue weighted by molar-refractivity contribution is -0.123. The summed E-state index contributed by atoms with van der Waals surface area (Å²) in [5.41, 5.74) is 0.387. The van der Waals surface area contributed by atoms with Crippen LogP contribution in [0.5, 0.6) is 11.5 Å². The Morgan fingerprint density at radius 1 is 1.15 bits per heavy atom. The van der Waals surface area contributed by atoms with E-state index in [2.05, 4.69) is 10.0 Å². The van der Waals surface area contributed by atoms with E-state index >= 15 is 0 Å². The number of hydrogen-bond acceptors (Lipinski definition) is 5. The van der Waals surface area contributed by atoms with Crippen LogP contribution in [-0.4, -0.2) is 34.1 Å². The van der Waals surface area contributed by atoms with Crippen molar-refractivity contribution in [3.05, 3.63) is 47.5 Å². The first kappa shape index (κ1) is 20.9. The SMILES string of the molecule is COc1ccc(NS(=O)(=O)c2ccc(OCC(=O)NC(C)C)c(Cl)c2)cc1.